The van der Waals surface area contributed by atoms with Crippen LogP contribution in [0.1, 0.15) is 51.5 Å². The highest BCUT2D eigenvalue weighted by atomic mass is 19.1. The van der Waals surface area contributed by atoms with Crippen LogP contribution >= 0.6 is 0 Å². The highest BCUT2D eigenvalue weighted by molar-refractivity contribution is 5.82. The Labute approximate surface area is 191 Å². The molecule has 3 saturated heterocycles. The van der Waals surface area contributed by atoms with Crippen molar-refractivity contribution in [3.05, 3.63) is 35.6 Å². The highest BCUT2D eigenvalue weighted by Gasteiger charge is 2.39. The molecule has 0 spiro atoms. The third kappa shape index (κ3) is 5.68. The summed E-state index contributed by atoms with van der Waals surface area (Å²) in [5.74, 6) is 0.816. The largest absolute Gasteiger partial charge is 0.376 e. The zero-order valence-corrected chi connectivity index (χ0v) is 19.6. The molecule has 7 heteroatoms. The topological polar surface area (TPSA) is 56.8 Å². The summed E-state index contributed by atoms with van der Waals surface area (Å²) in [4.78, 5) is 17.9. The van der Waals surface area contributed by atoms with Gasteiger partial charge < -0.3 is 9.64 Å². The van der Waals surface area contributed by atoms with Crippen LogP contribution in [0.4, 0.5) is 4.39 Å². The van der Waals surface area contributed by atoms with Crippen LogP contribution < -0.4 is 10.9 Å². The van der Waals surface area contributed by atoms with Crippen molar-refractivity contribution in [2.75, 3.05) is 32.8 Å². The summed E-state index contributed by atoms with van der Waals surface area (Å²) >= 11 is 0. The van der Waals surface area contributed by atoms with Crippen LogP contribution in [-0.2, 0) is 16.1 Å². The Balaban J connectivity index is 1.34. The number of ether oxygens (including phenoxy) is 1. The molecule has 1 aromatic rings. The van der Waals surface area contributed by atoms with Crippen LogP contribution in [0.2, 0.25) is 0 Å². The second-order valence-corrected chi connectivity index (χ2v) is 9.83. The fraction of sp³-hybridized carbons (Fsp3) is 0.720. The third-order valence-corrected chi connectivity index (χ3v) is 7.59. The minimum absolute atomic E-state index is 0.125. The minimum Gasteiger partial charge on any atom is -0.376 e. The first-order valence-corrected chi connectivity index (χ1v) is 12.4. The number of amides is 1. The molecule has 32 heavy (non-hydrogen) atoms. The number of benzene rings is 1. The zero-order chi connectivity index (χ0) is 22.5. The molecule has 1 amide bonds. The van der Waals surface area contributed by atoms with Gasteiger partial charge in [-0.05, 0) is 63.1 Å². The molecule has 4 rings (SSSR count). The van der Waals surface area contributed by atoms with Gasteiger partial charge in [-0.1, -0.05) is 32.0 Å². The Kier molecular flexibility index (Phi) is 8.16. The quantitative estimate of drug-likeness (QED) is 0.643. The van der Waals surface area contributed by atoms with E-state index in [0.717, 1.165) is 63.9 Å². The molecule has 4 atom stereocenters. The summed E-state index contributed by atoms with van der Waals surface area (Å²) in [6.45, 7) is 9.14. The fourth-order valence-electron chi connectivity index (χ4n) is 5.44. The number of nitrogens with one attached hydrogen (secondary N) is 2. The predicted octanol–water partition coefficient (Wildman–Crippen LogP) is 2.94. The standard InChI is InChI=1S/C25H39FN4O2/c1-3-23-18(2)24(28-27-23)25(31)30(17-21-8-6-14-32-21)15-19-10-12-29(13-11-19)16-20-7-4-5-9-22(20)26/h4-5,7,9,18-19,21,23-24,27-28H,3,6,8,10-17H2,1-2H3. The number of carbonyl (C=O) groups excluding carboxylic acids is 1. The van der Waals surface area contributed by atoms with Gasteiger partial charge in [0.2, 0.25) is 5.91 Å². The number of piperidine rings is 1. The van der Waals surface area contributed by atoms with E-state index in [-0.39, 0.29) is 29.8 Å². The lowest BCUT2D eigenvalue weighted by molar-refractivity contribution is -0.136. The number of hydrazine groups is 1. The third-order valence-electron chi connectivity index (χ3n) is 7.59. The van der Waals surface area contributed by atoms with E-state index < -0.39 is 0 Å². The second kappa shape index (κ2) is 11.1. The lowest BCUT2D eigenvalue weighted by atomic mass is 9.92. The molecular weight excluding hydrogens is 407 g/mol. The molecule has 3 heterocycles. The van der Waals surface area contributed by atoms with Gasteiger partial charge in [-0.25, -0.2) is 9.82 Å². The monoisotopic (exact) mass is 446 g/mol. The minimum atomic E-state index is -0.178. The smallest absolute Gasteiger partial charge is 0.241 e. The summed E-state index contributed by atoms with van der Waals surface area (Å²) in [5.41, 5.74) is 7.33. The molecule has 3 aliphatic rings. The summed E-state index contributed by atoms with van der Waals surface area (Å²) in [6, 6.07) is 7.19. The Bertz CT molecular complexity index is 749. The number of rotatable bonds is 8. The van der Waals surface area contributed by atoms with Crippen molar-refractivity contribution in [3.8, 4) is 0 Å². The van der Waals surface area contributed by atoms with Crippen LogP contribution in [0.3, 0.4) is 0 Å². The molecule has 0 radical (unpaired) electrons. The summed E-state index contributed by atoms with van der Waals surface area (Å²) in [5, 5.41) is 0. The average molecular weight is 447 g/mol. The maximum absolute atomic E-state index is 14.0. The van der Waals surface area contributed by atoms with Crippen molar-refractivity contribution < 1.29 is 13.9 Å². The molecule has 0 saturated carbocycles. The maximum Gasteiger partial charge on any atom is 0.241 e. The molecule has 0 aromatic heterocycles. The van der Waals surface area contributed by atoms with Gasteiger partial charge >= 0.3 is 0 Å². The van der Waals surface area contributed by atoms with E-state index in [1.54, 1.807) is 6.07 Å². The average Bonchev–Trinajstić information content (AvgIpc) is 3.45. The first-order chi connectivity index (χ1) is 15.5. The maximum atomic E-state index is 14.0. The van der Waals surface area contributed by atoms with Gasteiger partial charge in [0.15, 0.2) is 0 Å². The Hall–Kier alpha value is -1.54. The van der Waals surface area contributed by atoms with E-state index in [1.807, 2.05) is 12.1 Å². The van der Waals surface area contributed by atoms with Crippen LogP contribution in [0, 0.1) is 17.7 Å². The van der Waals surface area contributed by atoms with Crippen molar-refractivity contribution in [2.45, 2.75) is 70.7 Å². The molecule has 6 nitrogen and oxygen atoms in total. The van der Waals surface area contributed by atoms with Crippen LogP contribution in [0.25, 0.3) is 0 Å². The van der Waals surface area contributed by atoms with Crippen molar-refractivity contribution in [1.82, 2.24) is 20.7 Å². The number of hydrogen-bond donors (Lipinski definition) is 2. The van der Waals surface area contributed by atoms with E-state index in [4.69, 9.17) is 4.74 Å². The molecule has 178 valence electrons. The molecule has 2 N–H and O–H groups in total. The van der Waals surface area contributed by atoms with Gasteiger partial charge in [0.25, 0.3) is 0 Å². The Morgan fingerprint density at radius 2 is 1.97 bits per heavy atom. The number of likely N-dealkylation sites (tertiary alicyclic amines) is 1. The highest BCUT2D eigenvalue weighted by Crippen LogP contribution is 2.25. The lowest BCUT2D eigenvalue weighted by Crippen LogP contribution is -2.51. The predicted molar refractivity (Wildman–Crippen MR) is 123 cm³/mol. The van der Waals surface area contributed by atoms with E-state index in [1.165, 1.54) is 6.07 Å². The van der Waals surface area contributed by atoms with E-state index >= 15 is 0 Å². The van der Waals surface area contributed by atoms with Gasteiger partial charge in [0.05, 0.1) is 6.10 Å². The van der Waals surface area contributed by atoms with Gasteiger partial charge in [0, 0.05) is 37.8 Å². The molecule has 0 bridgehead atoms. The Morgan fingerprint density at radius 3 is 2.62 bits per heavy atom. The number of hydrogen-bond acceptors (Lipinski definition) is 5. The van der Waals surface area contributed by atoms with Gasteiger partial charge in [-0.15, -0.1) is 0 Å². The van der Waals surface area contributed by atoms with Crippen molar-refractivity contribution in [3.63, 3.8) is 0 Å². The summed E-state index contributed by atoms with van der Waals surface area (Å²) in [7, 11) is 0. The van der Waals surface area contributed by atoms with Crippen molar-refractivity contribution in [1.29, 1.82) is 0 Å². The first kappa shape index (κ1) is 23.6. The van der Waals surface area contributed by atoms with Crippen LogP contribution in [0.5, 0.6) is 0 Å². The fourth-order valence-corrected chi connectivity index (χ4v) is 5.44. The molecule has 3 fully saturated rings. The number of nitrogens with zero attached hydrogens (tertiary/aromatic N) is 2. The molecular formula is C25H39FN4O2. The van der Waals surface area contributed by atoms with Gasteiger partial charge in [0.1, 0.15) is 11.9 Å². The number of halogens is 1. The van der Waals surface area contributed by atoms with Crippen molar-refractivity contribution in [2.24, 2.45) is 11.8 Å². The molecule has 4 unspecified atom stereocenters. The van der Waals surface area contributed by atoms with Crippen molar-refractivity contribution >= 4 is 5.91 Å². The summed E-state index contributed by atoms with van der Waals surface area (Å²) in [6.07, 6.45) is 5.35. The normalized spacial score (nSPS) is 29.5. The zero-order valence-electron chi connectivity index (χ0n) is 19.6. The molecule has 3 aliphatic heterocycles. The van der Waals surface area contributed by atoms with Gasteiger partial charge in [-0.2, -0.15) is 0 Å². The van der Waals surface area contributed by atoms with Gasteiger partial charge in [-0.3, -0.25) is 15.1 Å². The second-order valence-electron chi connectivity index (χ2n) is 9.83. The SMILES string of the molecule is CCC1NNC(C(=O)N(CC2CCN(Cc3ccccc3F)CC2)CC2CCCO2)C1C. The van der Waals surface area contributed by atoms with E-state index in [2.05, 4.69) is 34.5 Å². The van der Waals surface area contributed by atoms with Crippen LogP contribution in [0.15, 0.2) is 24.3 Å². The van der Waals surface area contributed by atoms with E-state index in [0.29, 0.717) is 25.0 Å². The first-order valence-electron chi connectivity index (χ1n) is 12.4. The summed E-state index contributed by atoms with van der Waals surface area (Å²) < 4.78 is 19.9. The molecule has 1 aromatic carbocycles. The number of carbonyl (C=O) groups is 1. The van der Waals surface area contributed by atoms with E-state index in [9.17, 15) is 9.18 Å². The lowest BCUT2D eigenvalue weighted by Gasteiger charge is -2.36. The van der Waals surface area contributed by atoms with Crippen LogP contribution in [-0.4, -0.2) is 66.7 Å². The Morgan fingerprint density at radius 1 is 1.19 bits per heavy atom. The molecule has 0 aliphatic carbocycles.